The van der Waals surface area contributed by atoms with Crippen LogP contribution in [0.1, 0.15) is 40.4 Å². The van der Waals surface area contributed by atoms with E-state index < -0.39 is 0 Å². The maximum Gasteiger partial charge on any atom is 0.287 e. The van der Waals surface area contributed by atoms with Crippen LogP contribution in [-0.4, -0.2) is 72.5 Å². The van der Waals surface area contributed by atoms with E-state index in [1.807, 2.05) is 26.2 Å². The quantitative estimate of drug-likeness (QED) is 0.672. The molecule has 0 bridgehead atoms. The van der Waals surface area contributed by atoms with Crippen molar-refractivity contribution >= 4 is 17.3 Å². The number of aromatic nitrogens is 2. The van der Waals surface area contributed by atoms with E-state index in [0.717, 1.165) is 32.4 Å². The molecule has 0 radical (unpaired) electrons. The Kier molecular flexibility index (Phi) is 6.41. The second-order valence-corrected chi connectivity index (χ2v) is 7.00. The second-order valence-electron chi connectivity index (χ2n) is 7.00. The van der Waals surface area contributed by atoms with Gasteiger partial charge in [-0.05, 0) is 52.0 Å². The van der Waals surface area contributed by atoms with Crippen LogP contribution in [0.25, 0.3) is 5.52 Å². The summed E-state index contributed by atoms with van der Waals surface area (Å²) in [4.78, 5) is 31.6. The van der Waals surface area contributed by atoms with Gasteiger partial charge in [0, 0.05) is 25.9 Å². The SMILES string of the molecule is CN(C)CCCNC(=O)c1nc(C(=O)NCC2CCCO2)n2ccccc12. The number of rotatable bonds is 8. The van der Waals surface area contributed by atoms with Crippen LogP contribution in [0, 0.1) is 0 Å². The highest BCUT2D eigenvalue weighted by Crippen LogP contribution is 2.14. The minimum absolute atomic E-state index is 0.0552. The van der Waals surface area contributed by atoms with Crippen molar-refractivity contribution in [3.63, 3.8) is 0 Å². The maximum atomic E-state index is 12.6. The Morgan fingerprint density at radius 2 is 2.15 bits per heavy atom. The first-order valence-corrected chi connectivity index (χ1v) is 9.36. The van der Waals surface area contributed by atoms with Gasteiger partial charge in [0.1, 0.15) is 0 Å². The van der Waals surface area contributed by atoms with Gasteiger partial charge in [-0.3, -0.25) is 14.0 Å². The molecule has 8 nitrogen and oxygen atoms in total. The van der Waals surface area contributed by atoms with Gasteiger partial charge in [0.2, 0.25) is 5.82 Å². The molecule has 1 aliphatic heterocycles. The molecule has 0 aromatic carbocycles. The fraction of sp³-hybridized carbons (Fsp3) is 0.526. The number of nitrogens with zero attached hydrogens (tertiary/aromatic N) is 3. The number of nitrogens with one attached hydrogen (secondary N) is 2. The van der Waals surface area contributed by atoms with Crippen LogP contribution in [0.2, 0.25) is 0 Å². The fourth-order valence-corrected chi connectivity index (χ4v) is 3.14. The molecule has 3 heterocycles. The molecule has 1 unspecified atom stereocenters. The Labute approximate surface area is 158 Å². The Hall–Kier alpha value is -2.45. The van der Waals surface area contributed by atoms with Crippen molar-refractivity contribution in [2.75, 3.05) is 40.3 Å². The molecule has 0 saturated carbocycles. The molecule has 2 N–H and O–H groups in total. The number of carbonyl (C=O) groups excluding carboxylic acids is 2. The highest BCUT2D eigenvalue weighted by atomic mass is 16.5. The molecular formula is C19H27N5O3. The van der Waals surface area contributed by atoms with Crippen molar-refractivity contribution in [3.8, 4) is 0 Å². The van der Waals surface area contributed by atoms with Crippen LogP contribution in [0.15, 0.2) is 24.4 Å². The normalized spacial score (nSPS) is 16.8. The van der Waals surface area contributed by atoms with E-state index in [1.165, 1.54) is 0 Å². The summed E-state index contributed by atoms with van der Waals surface area (Å²) >= 11 is 0. The molecule has 2 amide bonds. The summed E-state index contributed by atoms with van der Waals surface area (Å²) in [5.41, 5.74) is 0.882. The van der Waals surface area contributed by atoms with Gasteiger partial charge in [0.15, 0.2) is 5.69 Å². The van der Waals surface area contributed by atoms with Gasteiger partial charge in [-0.25, -0.2) is 4.98 Å². The van der Waals surface area contributed by atoms with Gasteiger partial charge in [0.05, 0.1) is 11.6 Å². The van der Waals surface area contributed by atoms with Crippen molar-refractivity contribution < 1.29 is 14.3 Å². The van der Waals surface area contributed by atoms with Gasteiger partial charge in [-0.1, -0.05) is 6.07 Å². The Balaban J connectivity index is 1.70. The Morgan fingerprint density at radius 3 is 2.89 bits per heavy atom. The second kappa shape index (κ2) is 8.96. The maximum absolute atomic E-state index is 12.6. The first-order valence-electron chi connectivity index (χ1n) is 9.36. The molecule has 2 aromatic rings. The average Bonchev–Trinajstić information content (AvgIpc) is 3.30. The van der Waals surface area contributed by atoms with Crippen LogP contribution < -0.4 is 10.6 Å². The molecule has 0 aliphatic carbocycles. The summed E-state index contributed by atoms with van der Waals surface area (Å²) in [6.07, 6.45) is 4.61. The molecule has 8 heteroatoms. The third kappa shape index (κ3) is 4.84. The number of pyridine rings is 1. The number of hydrogen-bond donors (Lipinski definition) is 2. The molecule has 0 spiro atoms. The predicted octanol–water partition coefficient (Wildman–Crippen LogP) is 0.925. The van der Waals surface area contributed by atoms with E-state index in [1.54, 1.807) is 16.7 Å². The molecule has 1 saturated heterocycles. The average molecular weight is 373 g/mol. The topological polar surface area (TPSA) is 88.0 Å². The van der Waals surface area contributed by atoms with Gasteiger partial charge in [0.25, 0.3) is 11.8 Å². The molecule has 1 aliphatic rings. The monoisotopic (exact) mass is 373 g/mol. The molecular weight excluding hydrogens is 346 g/mol. The van der Waals surface area contributed by atoms with Crippen molar-refractivity contribution in [2.24, 2.45) is 0 Å². The summed E-state index contributed by atoms with van der Waals surface area (Å²) in [7, 11) is 3.98. The lowest BCUT2D eigenvalue weighted by Gasteiger charge is -2.10. The third-order valence-corrected chi connectivity index (χ3v) is 4.55. The van der Waals surface area contributed by atoms with Crippen LogP contribution >= 0.6 is 0 Å². The van der Waals surface area contributed by atoms with E-state index in [2.05, 4.69) is 20.5 Å². The number of hydrogen-bond acceptors (Lipinski definition) is 5. The van der Waals surface area contributed by atoms with Gasteiger partial charge in [-0.15, -0.1) is 0 Å². The largest absolute Gasteiger partial charge is 0.376 e. The first-order chi connectivity index (χ1) is 13.1. The minimum Gasteiger partial charge on any atom is -0.376 e. The lowest BCUT2D eigenvalue weighted by Crippen LogP contribution is -2.33. The smallest absolute Gasteiger partial charge is 0.287 e. The zero-order valence-corrected chi connectivity index (χ0v) is 15.9. The molecule has 1 fully saturated rings. The summed E-state index contributed by atoms with van der Waals surface area (Å²) in [6.45, 7) is 2.64. The first kappa shape index (κ1) is 19.3. The van der Waals surface area contributed by atoms with Crippen LogP contribution in [0.4, 0.5) is 0 Å². The predicted molar refractivity (Wildman–Crippen MR) is 102 cm³/mol. The minimum atomic E-state index is -0.307. The Morgan fingerprint density at radius 1 is 1.30 bits per heavy atom. The summed E-state index contributed by atoms with van der Waals surface area (Å²) in [5, 5.41) is 5.75. The van der Waals surface area contributed by atoms with E-state index >= 15 is 0 Å². The van der Waals surface area contributed by atoms with Gasteiger partial charge in [-0.2, -0.15) is 0 Å². The highest BCUT2D eigenvalue weighted by molar-refractivity contribution is 6.02. The summed E-state index contributed by atoms with van der Waals surface area (Å²) in [6, 6.07) is 5.43. The van der Waals surface area contributed by atoms with E-state index in [9.17, 15) is 9.59 Å². The molecule has 3 rings (SSSR count). The van der Waals surface area contributed by atoms with Crippen molar-refractivity contribution in [1.29, 1.82) is 0 Å². The standard InChI is InChI=1S/C19H27N5O3/c1-23(2)10-6-9-20-18(25)16-15-8-3-4-11-24(15)17(22-16)19(26)21-13-14-7-5-12-27-14/h3-4,8,11,14H,5-7,9-10,12-13H2,1-2H3,(H,20,25)(H,21,26). The zero-order chi connectivity index (χ0) is 19.2. The number of imidazole rings is 1. The lowest BCUT2D eigenvalue weighted by molar-refractivity contribution is 0.0848. The molecule has 1 atom stereocenters. The number of fused-ring (bicyclic) bond motifs is 1. The lowest BCUT2D eigenvalue weighted by atomic mass is 10.2. The van der Waals surface area contributed by atoms with Gasteiger partial charge >= 0.3 is 0 Å². The van der Waals surface area contributed by atoms with E-state index in [-0.39, 0.29) is 29.4 Å². The molecule has 2 aromatic heterocycles. The molecule has 27 heavy (non-hydrogen) atoms. The van der Waals surface area contributed by atoms with Crippen LogP contribution in [-0.2, 0) is 4.74 Å². The summed E-state index contributed by atoms with van der Waals surface area (Å²) < 4.78 is 7.18. The van der Waals surface area contributed by atoms with Crippen molar-refractivity contribution in [2.45, 2.75) is 25.4 Å². The van der Waals surface area contributed by atoms with Crippen LogP contribution in [0.5, 0.6) is 0 Å². The Bertz CT molecular complexity index is 796. The van der Waals surface area contributed by atoms with E-state index in [4.69, 9.17) is 4.74 Å². The number of carbonyl (C=O) groups is 2. The molecule has 146 valence electrons. The van der Waals surface area contributed by atoms with Gasteiger partial charge < -0.3 is 20.3 Å². The third-order valence-electron chi connectivity index (χ3n) is 4.55. The zero-order valence-electron chi connectivity index (χ0n) is 15.9. The van der Waals surface area contributed by atoms with E-state index in [0.29, 0.717) is 18.6 Å². The number of amides is 2. The van der Waals surface area contributed by atoms with Crippen LogP contribution in [0.3, 0.4) is 0 Å². The summed E-state index contributed by atoms with van der Waals surface area (Å²) in [5.74, 6) is -0.365. The van der Waals surface area contributed by atoms with Crippen molar-refractivity contribution in [3.05, 3.63) is 35.9 Å². The number of ether oxygens (including phenoxy) is 1. The fourth-order valence-electron chi connectivity index (χ4n) is 3.14. The highest BCUT2D eigenvalue weighted by Gasteiger charge is 2.22. The van der Waals surface area contributed by atoms with Crippen molar-refractivity contribution in [1.82, 2.24) is 24.9 Å².